The molecule has 0 fully saturated rings. The minimum atomic E-state index is -0.233. The van der Waals surface area contributed by atoms with E-state index in [1.807, 2.05) is 30.3 Å². The molecule has 2 nitrogen and oxygen atoms in total. The van der Waals surface area contributed by atoms with Crippen LogP contribution in [0.1, 0.15) is 16.4 Å². The molecule has 0 amide bonds. The van der Waals surface area contributed by atoms with Crippen LogP contribution in [0.2, 0.25) is 0 Å². The SMILES string of the molecule is NC1=NC(c2ccccc2)=C[C@@H](c2ccc(F)cc2)S1. The van der Waals surface area contributed by atoms with Crippen molar-refractivity contribution in [2.24, 2.45) is 10.7 Å². The van der Waals surface area contributed by atoms with Gasteiger partial charge in [0.05, 0.1) is 10.9 Å². The van der Waals surface area contributed by atoms with Crippen LogP contribution in [0.15, 0.2) is 65.7 Å². The summed E-state index contributed by atoms with van der Waals surface area (Å²) in [5.74, 6) is -0.233. The van der Waals surface area contributed by atoms with Gasteiger partial charge in [0.1, 0.15) is 5.82 Å². The van der Waals surface area contributed by atoms with E-state index in [1.165, 1.54) is 23.9 Å². The Bertz CT molecular complexity index is 663. The molecule has 2 aromatic carbocycles. The zero-order chi connectivity index (χ0) is 13.9. The third-order valence-corrected chi connectivity index (χ3v) is 4.05. The summed E-state index contributed by atoms with van der Waals surface area (Å²) in [4.78, 5) is 4.39. The first kappa shape index (κ1) is 12.9. The molecule has 0 unspecified atom stereocenters. The fourth-order valence-corrected chi connectivity index (χ4v) is 2.98. The van der Waals surface area contributed by atoms with Gasteiger partial charge >= 0.3 is 0 Å². The molecule has 0 spiro atoms. The maximum atomic E-state index is 13.0. The van der Waals surface area contributed by atoms with Crippen LogP contribution < -0.4 is 5.73 Å². The highest BCUT2D eigenvalue weighted by Gasteiger charge is 2.18. The van der Waals surface area contributed by atoms with E-state index < -0.39 is 0 Å². The molecule has 0 radical (unpaired) electrons. The van der Waals surface area contributed by atoms with Crippen LogP contribution in [0.5, 0.6) is 0 Å². The summed E-state index contributed by atoms with van der Waals surface area (Å²) in [5.41, 5.74) is 8.82. The van der Waals surface area contributed by atoms with Crippen molar-refractivity contribution in [2.45, 2.75) is 5.25 Å². The highest BCUT2D eigenvalue weighted by atomic mass is 32.2. The summed E-state index contributed by atoms with van der Waals surface area (Å²) in [5, 5.41) is 0.587. The quantitative estimate of drug-likeness (QED) is 0.906. The Morgan fingerprint density at radius 3 is 2.40 bits per heavy atom. The maximum absolute atomic E-state index is 13.0. The molecule has 2 aromatic rings. The van der Waals surface area contributed by atoms with Crippen molar-refractivity contribution in [1.82, 2.24) is 0 Å². The summed E-state index contributed by atoms with van der Waals surface area (Å²) in [7, 11) is 0. The van der Waals surface area contributed by atoms with Crippen molar-refractivity contribution in [3.63, 3.8) is 0 Å². The Kier molecular flexibility index (Phi) is 3.56. The summed E-state index contributed by atoms with van der Waals surface area (Å²) in [6, 6.07) is 16.4. The van der Waals surface area contributed by atoms with Gasteiger partial charge in [0.25, 0.3) is 0 Å². The Morgan fingerprint density at radius 1 is 1.00 bits per heavy atom. The number of thioether (sulfide) groups is 1. The second-order valence-corrected chi connectivity index (χ2v) is 5.62. The normalized spacial score (nSPS) is 18.4. The van der Waals surface area contributed by atoms with E-state index in [0.29, 0.717) is 5.17 Å². The maximum Gasteiger partial charge on any atom is 0.160 e. The molecule has 0 saturated carbocycles. The van der Waals surface area contributed by atoms with Crippen molar-refractivity contribution in [1.29, 1.82) is 0 Å². The van der Waals surface area contributed by atoms with Gasteiger partial charge in [-0.1, -0.05) is 54.2 Å². The predicted octanol–water partition coefficient (Wildman–Crippen LogP) is 3.97. The standard InChI is InChI=1S/C16H13FN2S/c17-13-8-6-12(7-9-13)15-10-14(19-16(18)20-15)11-4-2-1-3-5-11/h1-10,15H,(H2,18,19)/t15-/m0/s1. The summed E-state index contributed by atoms with van der Waals surface area (Å²) in [6.07, 6.45) is 2.06. The zero-order valence-corrected chi connectivity index (χ0v) is 11.5. The first-order chi connectivity index (χ1) is 9.72. The first-order valence-corrected chi connectivity index (χ1v) is 7.14. The Hall–Kier alpha value is -2.07. The highest BCUT2D eigenvalue weighted by Crippen LogP contribution is 2.37. The number of nitrogens with zero attached hydrogens (tertiary/aromatic N) is 1. The summed E-state index contributed by atoms with van der Waals surface area (Å²) < 4.78 is 13.0. The lowest BCUT2D eigenvalue weighted by Gasteiger charge is -2.19. The molecule has 20 heavy (non-hydrogen) atoms. The molecule has 3 rings (SSSR count). The van der Waals surface area contributed by atoms with E-state index in [2.05, 4.69) is 11.1 Å². The number of hydrogen-bond acceptors (Lipinski definition) is 3. The fourth-order valence-electron chi connectivity index (χ4n) is 2.08. The van der Waals surface area contributed by atoms with Gasteiger partial charge in [-0.2, -0.15) is 0 Å². The molecular weight excluding hydrogens is 271 g/mol. The average Bonchev–Trinajstić information content (AvgIpc) is 2.48. The number of benzene rings is 2. The van der Waals surface area contributed by atoms with Crippen molar-refractivity contribution >= 4 is 22.6 Å². The molecule has 1 aliphatic rings. The molecule has 1 atom stereocenters. The highest BCUT2D eigenvalue weighted by molar-refractivity contribution is 8.14. The second kappa shape index (κ2) is 5.51. The Balaban J connectivity index is 1.96. The van der Waals surface area contributed by atoms with Gasteiger partial charge in [0.2, 0.25) is 0 Å². The lowest BCUT2D eigenvalue weighted by Crippen LogP contribution is -2.12. The fraction of sp³-hybridized carbons (Fsp3) is 0.0625. The number of rotatable bonds is 2. The van der Waals surface area contributed by atoms with Gasteiger partial charge in [0.15, 0.2) is 5.17 Å². The van der Waals surface area contributed by atoms with Crippen LogP contribution >= 0.6 is 11.8 Å². The number of nitrogens with two attached hydrogens (primary N) is 1. The lowest BCUT2D eigenvalue weighted by molar-refractivity contribution is 0.627. The third-order valence-electron chi connectivity index (χ3n) is 3.06. The minimum Gasteiger partial charge on any atom is -0.378 e. The minimum absolute atomic E-state index is 0.0586. The number of aliphatic imine (C=N–C) groups is 1. The number of hydrogen-bond donors (Lipinski definition) is 1. The Morgan fingerprint density at radius 2 is 1.70 bits per heavy atom. The first-order valence-electron chi connectivity index (χ1n) is 6.26. The largest absolute Gasteiger partial charge is 0.378 e. The van der Waals surface area contributed by atoms with E-state index in [0.717, 1.165) is 16.8 Å². The monoisotopic (exact) mass is 284 g/mol. The van der Waals surface area contributed by atoms with Crippen LogP contribution in [0.25, 0.3) is 5.70 Å². The van der Waals surface area contributed by atoms with Crippen LogP contribution in [0.3, 0.4) is 0 Å². The van der Waals surface area contributed by atoms with Gasteiger partial charge in [-0.05, 0) is 29.3 Å². The molecular formula is C16H13FN2S. The van der Waals surface area contributed by atoms with Gasteiger partial charge in [0, 0.05) is 0 Å². The topological polar surface area (TPSA) is 38.4 Å². The summed E-state index contributed by atoms with van der Waals surface area (Å²) >= 11 is 1.47. The second-order valence-electron chi connectivity index (χ2n) is 4.46. The molecule has 1 aliphatic heterocycles. The molecule has 0 bridgehead atoms. The van der Waals surface area contributed by atoms with Crippen LogP contribution in [-0.4, -0.2) is 5.17 Å². The van der Waals surface area contributed by atoms with Gasteiger partial charge in [-0.25, -0.2) is 9.38 Å². The van der Waals surface area contributed by atoms with Crippen LogP contribution in [0.4, 0.5) is 4.39 Å². The predicted molar refractivity (Wildman–Crippen MR) is 82.8 cm³/mol. The summed E-state index contributed by atoms with van der Waals surface area (Å²) in [6.45, 7) is 0. The van der Waals surface area contributed by atoms with E-state index >= 15 is 0 Å². The third kappa shape index (κ3) is 2.75. The van der Waals surface area contributed by atoms with Crippen LogP contribution in [-0.2, 0) is 0 Å². The smallest absolute Gasteiger partial charge is 0.160 e. The number of halogens is 1. The van der Waals surface area contributed by atoms with Crippen LogP contribution in [0, 0.1) is 5.82 Å². The van der Waals surface area contributed by atoms with Crippen molar-refractivity contribution in [3.05, 3.63) is 77.6 Å². The van der Waals surface area contributed by atoms with Crippen molar-refractivity contribution in [3.8, 4) is 0 Å². The zero-order valence-electron chi connectivity index (χ0n) is 10.7. The molecule has 4 heteroatoms. The number of amidine groups is 1. The average molecular weight is 284 g/mol. The molecule has 2 N–H and O–H groups in total. The molecule has 0 aromatic heterocycles. The van der Waals surface area contributed by atoms with E-state index in [-0.39, 0.29) is 11.1 Å². The molecule has 0 saturated heterocycles. The Labute approximate surface area is 121 Å². The van der Waals surface area contributed by atoms with Gasteiger partial charge in [-0.15, -0.1) is 0 Å². The molecule has 1 heterocycles. The molecule has 100 valence electrons. The van der Waals surface area contributed by atoms with Gasteiger partial charge < -0.3 is 5.73 Å². The van der Waals surface area contributed by atoms with Gasteiger partial charge in [-0.3, -0.25) is 0 Å². The molecule has 0 aliphatic carbocycles. The van der Waals surface area contributed by atoms with E-state index in [9.17, 15) is 4.39 Å². The van der Waals surface area contributed by atoms with E-state index in [1.54, 1.807) is 12.1 Å². The van der Waals surface area contributed by atoms with Crippen molar-refractivity contribution in [2.75, 3.05) is 0 Å². The van der Waals surface area contributed by atoms with E-state index in [4.69, 9.17) is 5.73 Å². The van der Waals surface area contributed by atoms with Crippen molar-refractivity contribution < 1.29 is 4.39 Å². The lowest BCUT2D eigenvalue weighted by atomic mass is 10.1.